The molecule has 1 atom stereocenters. The second-order valence-corrected chi connectivity index (χ2v) is 3.31. The van der Waals surface area contributed by atoms with E-state index < -0.39 is 5.97 Å². The van der Waals surface area contributed by atoms with E-state index in [2.05, 4.69) is 5.32 Å². The summed E-state index contributed by atoms with van der Waals surface area (Å²) in [6.07, 6.45) is -0.0908. The van der Waals surface area contributed by atoms with E-state index >= 15 is 0 Å². The Labute approximate surface area is 89.1 Å². The average molecular weight is 215 g/mol. The fraction of sp³-hybridized carbons (Fsp3) is 0.600. The number of carboxylic acids is 1. The van der Waals surface area contributed by atoms with Gasteiger partial charge in [0.05, 0.1) is 6.10 Å². The van der Waals surface area contributed by atoms with Crippen molar-refractivity contribution in [3.05, 3.63) is 11.1 Å². The number of aliphatic carboxylic acids is 1. The predicted molar refractivity (Wildman–Crippen MR) is 55.5 cm³/mol. The highest BCUT2D eigenvalue weighted by molar-refractivity contribution is 6.01. The van der Waals surface area contributed by atoms with Gasteiger partial charge in [0.15, 0.2) is 0 Å². The van der Waals surface area contributed by atoms with Crippen LogP contribution in [-0.4, -0.2) is 36.7 Å². The van der Waals surface area contributed by atoms with Crippen LogP contribution in [0.3, 0.4) is 0 Å². The number of hydrogen-bond donors (Lipinski definition) is 2. The highest BCUT2D eigenvalue weighted by Gasteiger charge is 2.12. The molecule has 0 radical (unpaired) electrons. The molecule has 0 bridgehead atoms. The molecule has 2 N–H and O–H groups in total. The Hall–Kier alpha value is -1.36. The zero-order chi connectivity index (χ0) is 12.0. The highest BCUT2D eigenvalue weighted by Crippen LogP contribution is 2.03. The van der Waals surface area contributed by atoms with E-state index in [1.807, 2.05) is 6.92 Å². The molecule has 0 aromatic rings. The molecular formula is C10H17NO4. The molecule has 5 nitrogen and oxygen atoms in total. The summed E-state index contributed by atoms with van der Waals surface area (Å²) in [5.41, 5.74) is 0.267. The van der Waals surface area contributed by atoms with Crippen LogP contribution in [0.2, 0.25) is 0 Å². The van der Waals surface area contributed by atoms with Crippen molar-refractivity contribution < 1.29 is 19.4 Å². The lowest BCUT2D eigenvalue weighted by Gasteiger charge is -2.11. The number of rotatable bonds is 5. The zero-order valence-corrected chi connectivity index (χ0v) is 9.46. The molecule has 0 heterocycles. The van der Waals surface area contributed by atoms with Crippen LogP contribution in [0.25, 0.3) is 0 Å². The quantitative estimate of drug-likeness (QED) is 0.657. The van der Waals surface area contributed by atoms with Gasteiger partial charge in [-0.05, 0) is 20.8 Å². The maximum Gasteiger partial charge on any atom is 0.331 e. The van der Waals surface area contributed by atoms with E-state index in [0.717, 1.165) is 0 Å². The average Bonchev–Trinajstić information content (AvgIpc) is 2.22. The molecule has 0 rings (SSSR count). The van der Waals surface area contributed by atoms with Crippen LogP contribution in [0, 0.1) is 0 Å². The molecule has 0 spiro atoms. The van der Waals surface area contributed by atoms with Crippen molar-refractivity contribution in [1.82, 2.24) is 5.32 Å². The van der Waals surface area contributed by atoms with E-state index in [4.69, 9.17) is 9.84 Å². The maximum absolute atomic E-state index is 11.4. The molecule has 1 unspecified atom stereocenters. The van der Waals surface area contributed by atoms with Crippen LogP contribution < -0.4 is 5.32 Å². The molecule has 0 fully saturated rings. The van der Waals surface area contributed by atoms with Gasteiger partial charge in [0.2, 0.25) is 5.91 Å². The standard InChI is InChI=1S/C10H17NO4/c1-6(15-4)5-11-9(12)7(2)8(3)10(13)14/h6H,5H2,1-4H3,(H,11,12)(H,13,14). The number of carbonyl (C=O) groups excluding carboxylic acids is 1. The summed E-state index contributed by atoms with van der Waals surface area (Å²) < 4.78 is 4.94. The topological polar surface area (TPSA) is 75.6 Å². The third-order valence-electron chi connectivity index (χ3n) is 2.18. The van der Waals surface area contributed by atoms with Crippen molar-refractivity contribution in [2.75, 3.05) is 13.7 Å². The van der Waals surface area contributed by atoms with Crippen molar-refractivity contribution in [2.45, 2.75) is 26.9 Å². The van der Waals surface area contributed by atoms with Crippen LogP contribution in [0.4, 0.5) is 0 Å². The minimum absolute atomic E-state index is 0.0533. The highest BCUT2D eigenvalue weighted by atomic mass is 16.5. The van der Waals surface area contributed by atoms with Gasteiger partial charge in [0.25, 0.3) is 0 Å². The molecule has 0 aromatic heterocycles. The summed E-state index contributed by atoms with van der Waals surface area (Å²) >= 11 is 0. The molecule has 0 aliphatic carbocycles. The van der Waals surface area contributed by atoms with Crippen LogP contribution >= 0.6 is 0 Å². The van der Waals surface area contributed by atoms with Gasteiger partial charge < -0.3 is 15.2 Å². The Morgan fingerprint density at radius 3 is 2.27 bits per heavy atom. The number of ether oxygens (including phenoxy) is 1. The first kappa shape index (κ1) is 13.6. The zero-order valence-electron chi connectivity index (χ0n) is 9.46. The van der Waals surface area contributed by atoms with Gasteiger partial charge in [-0.3, -0.25) is 4.79 Å². The van der Waals surface area contributed by atoms with Crippen LogP contribution in [0.5, 0.6) is 0 Å². The molecule has 0 saturated heterocycles. The Bertz CT molecular complexity index is 283. The first-order valence-electron chi connectivity index (χ1n) is 4.61. The van der Waals surface area contributed by atoms with E-state index in [1.54, 1.807) is 7.11 Å². The Morgan fingerprint density at radius 1 is 1.33 bits per heavy atom. The fourth-order valence-corrected chi connectivity index (χ4v) is 0.783. The minimum atomic E-state index is -1.08. The van der Waals surface area contributed by atoms with Crippen LogP contribution in [-0.2, 0) is 14.3 Å². The lowest BCUT2D eigenvalue weighted by atomic mass is 10.1. The SMILES string of the molecule is COC(C)CNC(=O)C(C)=C(C)C(=O)O. The fourth-order valence-electron chi connectivity index (χ4n) is 0.783. The van der Waals surface area contributed by atoms with Gasteiger partial charge in [0, 0.05) is 24.8 Å². The van der Waals surface area contributed by atoms with Gasteiger partial charge in [-0.2, -0.15) is 0 Å². The molecule has 0 aliphatic heterocycles. The van der Waals surface area contributed by atoms with E-state index in [1.165, 1.54) is 13.8 Å². The Morgan fingerprint density at radius 2 is 1.87 bits per heavy atom. The lowest BCUT2D eigenvalue weighted by Crippen LogP contribution is -2.32. The van der Waals surface area contributed by atoms with Gasteiger partial charge in [-0.25, -0.2) is 4.79 Å². The molecule has 1 amide bonds. The largest absolute Gasteiger partial charge is 0.478 e. The lowest BCUT2D eigenvalue weighted by molar-refractivity contribution is -0.133. The number of carbonyl (C=O) groups is 2. The van der Waals surface area contributed by atoms with E-state index in [9.17, 15) is 9.59 Å². The summed E-state index contributed by atoms with van der Waals surface area (Å²) in [7, 11) is 1.54. The summed E-state index contributed by atoms with van der Waals surface area (Å²) in [6, 6.07) is 0. The number of amides is 1. The maximum atomic E-state index is 11.4. The number of hydrogen-bond acceptors (Lipinski definition) is 3. The molecular weight excluding hydrogens is 198 g/mol. The van der Waals surface area contributed by atoms with Gasteiger partial charge >= 0.3 is 5.97 Å². The number of methoxy groups -OCH3 is 1. The molecule has 5 heteroatoms. The molecule has 0 saturated carbocycles. The first-order valence-corrected chi connectivity index (χ1v) is 4.61. The third kappa shape index (κ3) is 4.60. The second kappa shape index (κ2) is 6.19. The number of nitrogens with one attached hydrogen (secondary N) is 1. The van der Waals surface area contributed by atoms with Crippen LogP contribution in [0.15, 0.2) is 11.1 Å². The van der Waals surface area contributed by atoms with Crippen molar-refractivity contribution in [3.8, 4) is 0 Å². The summed E-state index contributed by atoms with van der Waals surface area (Å²) in [5, 5.41) is 11.2. The van der Waals surface area contributed by atoms with E-state index in [-0.39, 0.29) is 23.2 Å². The molecule has 86 valence electrons. The monoisotopic (exact) mass is 215 g/mol. The Balaban J connectivity index is 4.34. The minimum Gasteiger partial charge on any atom is -0.478 e. The number of carboxylic acid groups (broad SMARTS) is 1. The second-order valence-electron chi connectivity index (χ2n) is 3.31. The summed E-state index contributed by atoms with van der Waals surface area (Å²) in [4.78, 5) is 22.0. The van der Waals surface area contributed by atoms with Gasteiger partial charge in [-0.1, -0.05) is 0 Å². The summed E-state index contributed by atoms with van der Waals surface area (Å²) in [6.45, 7) is 5.05. The Kier molecular flexibility index (Phi) is 5.62. The molecule has 0 aromatic carbocycles. The smallest absolute Gasteiger partial charge is 0.331 e. The molecule has 0 aliphatic rings. The van der Waals surface area contributed by atoms with Crippen LogP contribution in [0.1, 0.15) is 20.8 Å². The van der Waals surface area contributed by atoms with Crippen molar-refractivity contribution >= 4 is 11.9 Å². The van der Waals surface area contributed by atoms with Crippen molar-refractivity contribution in [1.29, 1.82) is 0 Å². The normalized spacial score (nSPS) is 14.1. The predicted octanol–water partition coefficient (Wildman–Crippen LogP) is 0.558. The van der Waals surface area contributed by atoms with Crippen molar-refractivity contribution in [3.63, 3.8) is 0 Å². The van der Waals surface area contributed by atoms with Crippen molar-refractivity contribution in [2.24, 2.45) is 0 Å². The first-order chi connectivity index (χ1) is 6.90. The third-order valence-corrected chi connectivity index (χ3v) is 2.18. The molecule has 15 heavy (non-hydrogen) atoms. The van der Waals surface area contributed by atoms with Gasteiger partial charge in [0.1, 0.15) is 0 Å². The summed E-state index contributed by atoms with van der Waals surface area (Å²) in [5.74, 6) is -1.46. The van der Waals surface area contributed by atoms with E-state index in [0.29, 0.717) is 6.54 Å². The van der Waals surface area contributed by atoms with Gasteiger partial charge in [-0.15, -0.1) is 0 Å².